The third-order valence-corrected chi connectivity index (χ3v) is 1.55. The van der Waals surface area contributed by atoms with E-state index in [0.717, 1.165) is 5.96 Å². The van der Waals surface area contributed by atoms with Gasteiger partial charge in [0.15, 0.2) is 5.96 Å². The van der Waals surface area contributed by atoms with Crippen molar-refractivity contribution in [3.63, 3.8) is 0 Å². The zero-order valence-corrected chi connectivity index (χ0v) is 9.62. The van der Waals surface area contributed by atoms with E-state index in [9.17, 15) is 0 Å². The van der Waals surface area contributed by atoms with Crippen molar-refractivity contribution >= 4 is 29.9 Å². The Morgan fingerprint density at radius 1 is 1.45 bits per heavy atom. The Kier molecular flexibility index (Phi) is 4.79. The topological polar surface area (TPSA) is 27.6 Å². The molecule has 1 N–H and O–H groups in total. The number of guanidine groups is 1. The van der Waals surface area contributed by atoms with Crippen LogP contribution in [-0.4, -0.2) is 38.0 Å². The fourth-order valence-electron chi connectivity index (χ4n) is 0.804. The fraction of sp³-hybridized carbons (Fsp3) is 0.857. The lowest BCUT2D eigenvalue weighted by atomic mass is 10.6. The number of nitrogens with one attached hydrogen (secondary N) is 1. The van der Waals surface area contributed by atoms with Gasteiger partial charge in [0.1, 0.15) is 0 Å². The molecule has 0 spiro atoms. The van der Waals surface area contributed by atoms with Crippen LogP contribution in [0.2, 0.25) is 0 Å². The molecular weight excluding hydrogens is 253 g/mol. The average molecular weight is 269 g/mol. The van der Waals surface area contributed by atoms with Crippen LogP contribution in [0.1, 0.15) is 12.8 Å². The molecule has 0 amide bonds. The Morgan fingerprint density at radius 3 is 2.27 bits per heavy atom. The summed E-state index contributed by atoms with van der Waals surface area (Å²) in [7, 11) is 5.81. The molecule has 4 heteroatoms. The summed E-state index contributed by atoms with van der Waals surface area (Å²) in [5.74, 6) is 0.988. The third kappa shape index (κ3) is 3.79. The molecule has 1 saturated carbocycles. The van der Waals surface area contributed by atoms with Crippen LogP contribution in [0.4, 0.5) is 0 Å². The number of hydrogen-bond donors (Lipinski definition) is 1. The smallest absolute Gasteiger partial charge is 0.193 e. The van der Waals surface area contributed by atoms with Crippen molar-refractivity contribution < 1.29 is 0 Å². The lowest BCUT2D eigenvalue weighted by molar-refractivity contribution is 0.582. The molecule has 1 aliphatic carbocycles. The Balaban J connectivity index is 0.000001000. The zero-order chi connectivity index (χ0) is 7.56. The second-order valence-corrected chi connectivity index (χ2v) is 2.86. The molecule has 1 rings (SSSR count). The van der Waals surface area contributed by atoms with Crippen molar-refractivity contribution in [1.82, 2.24) is 10.2 Å². The van der Waals surface area contributed by atoms with Crippen molar-refractivity contribution in [2.24, 2.45) is 4.99 Å². The summed E-state index contributed by atoms with van der Waals surface area (Å²) in [6.07, 6.45) is 2.60. The first-order valence-electron chi connectivity index (χ1n) is 3.64. The summed E-state index contributed by atoms with van der Waals surface area (Å²) in [4.78, 5) is 6.10. The van der Waals surface area contributed by atoms with E-state index in [1.54, 1.807) is 0 Å². The molecule has 66 valence electrons. The van der Waals surface area contributed by atoms with Gasteiger partial charge in [0, 0.05) is 27.2 Å². The van der Waals surface area contributed by atoms with Gasteiger partial charge in [-0.1, -0.05) is 0 Å². The Morgan fingerprint density at radius 2 is 2.00 bits per heavy atom. The normalized spacial score (nSPS) is 17.2. The summed E-state index contributed by atoms with van der Waals surface area (Å²) < 4.78 is 0. The van der Waals surface area contributed by atoms with Gasteiger partial charge in [0.2, 0.25) is 0 Å². The van der Waals surface area contributed by atoms with Gasteiger partial charge in [-0.2, -0.15) is 0 Å². The minimum Gasteiger partial charge on any atom is -0.354 e. The summed E-state index contributed by atoms with van der Waals surface area (Å²) in [5, 5.41) is 3.32. The van der Waals surface area contributed by atoms with Crippen molar-refractivity contribution in [3.8, 4) is 0 Å². The second kappa shape index (κ2) is 4.79. The molecule has 1 aliphatic rings. The number of aliphatic imine (C=N–C) groups is 1. The Hall–Kier alpha value is 0. The average Bonchev–Trinajstić information content (AvgIpc) is 2.64. The first-order valence-corrected chi connectivity index (χ1v) is 3.64. The number of rotatable bonds is 1. The van der Waals surface area contributed by atoms with Crippen molar-refractivity contribution in [2.75, 3.05) is 21.1 Å². The number of nitrogens with zero attached hydrogens (tertiary/aromatic N) is 2. The monoisotopic (exact) mass is 269 g/mol. The van der Waals surface area contributed by atoms with Gasteiger partial charge >= 0.3 is 0 Å². The van der Waals surface area contributed by atoms with E-state index >= 15 is 0 Å². The highest BCUT2D eigenvalue weighted by Gasteiger charge is 2.22. The standard InChI is InChI=1S/C7H15N3.HI/c1-8-7(10(2)3)9-6-4-5-6;/h6H,4-5H2,1-3H3,(H,8,9);1H. The molecule has 11 heavy (non-hydrogen) atoms. The molecule has 0 aromatic rings. The summed E-state index contributed by atoms with van der Waals surface area (Å²) in [6.45, 7) is 0. The SMILES string of the molecule is CN=C(NC1CC1)N(C)C.I. The minimum atomic E-state index is 0. The van der Waals surface area contributed by atoms with Crippen LogP contribution in [0.3, 0.4) is 0 Å². The van der Waals surface area contributed by atoms with Crippen molar-refractivity contribution in [1.29, 1.82) is 0 Å². The molecule has 3 nitrogen and oxygen atoms in total. The van der Waals surface area contributed by atoms with Gasteiger partial charge in [0.25, 0.3) is 0 Å². The van der Waals surface area contributed by atoms with E-state index in [0.29, 0.717) is 6.04 Å². The molecule has 0 bridgehead atoms. The minimum absolute atomic E-state index is 0. The van der Waals surface area contributed by atoms with Crippen LogP contribution >= 0.6 is 24.0 Å². The second-order valence-electron chi connectivity index (χ2n) is 2.86. The van der Waals surface area contributed by atoms with Gasteiger partial charge in [0.05, 0.1) is 0 Å². The van der Waals surface area contributed by atoms with E-state index in [4.69, 9.17) is 0 Å². The molecule has 0 heterocycles. The van der Waals surface area contributed by atoms with Crippen LogP contribution in [-0.2, 0) is 0 Å². The summed E-state index contributed by atoms with van der Waals surface area (Å²) >= 11 is 0. The largest absolute Gasteiger partial charge is 0.354 e. The maximum Gasteiger partial charge on any atom is 0.193 e. The predicted octanol–water partition coefficient (Wildman–Crippen LogP) is 0.904. The van der Waals surface area contributed by atoms with Crippen LogP contribution in [0.15, 0.2) is 4.99 Å². The molecule has 0 radical (unpaired) electrons. The van der Waals surface area contributed by atoms with Gasteiger partial charge in [-0.15, -0.1) is 24.0 Å². The first-order chi connectivity index (χ1) is 4.74. The maximum absolute atomic E-state index is 4.10. The van der Waals surface area contributed by atoms with Crippen LogP contribution in [0.25, 0.3) is 0 Å². The van der Waals surface area contributed by atoms with E-state index in [1.165, 1.54) is 12.8 Å². The lowest BCUT2D eigenvalue weighted by Gasteiger charge is -2.15. The first kappa shape index (κ1) is 11.0. The van der Waals surface area contributed by atoms with Gasteiger partial charge in [-0.05, 0) is 12.8 Å². The molecule has 1 fully saturated rings. The summed E-state index contributed by atoms with van der Waals surface area (Å²) in [5.41, 5.74) is 0. The maximum atomic E-state index is 4.10. The highest BCUT2D eigenvalue weighted by atomic mass is 127. The quantitative estimate of drug-likeness (QED) is 0.435. The Labute approximate surface area is 85.3 Å². The van der Waals surface area contributed by atoms with E-state index in [1.807, 2.05) is 26.0 Å². The van der Waals surface area contributed by atoms with Crippen molar-refractivity contribution in [2.45, 2.75) is 18.9 Å². The third-order valence-electron chi connectivity index (χ3n) is 1.55. The molecule has 0 aliphatic heterocycles. The van der Waals surface area contributed by atoms with Gasteiger partial charge in [-0.3, -0.25) is 4.99 Å². The van der Waals surface area contributed by atoms with Crippen LogP contribution < -0.4 is 5.32 Å². The molecule has 0 aromatic carbocycles. The molecule has 0 saturated heterocycles. The molecule has 0 atom stereocenters. The molecule has 0 aromatic heterocycles. The highest BCUT2D eigenvalue weighted by molar-refractivity contribution is 14.0. The van der Waals surface area contributed by atoms with Crippen LogP contribution in [0.5, 0.6) is 0 Å². The fourth-order valence-corrected chi connectivity index (χ4v) is 0.804. The highest BCUT2D eigenvalue weighted by Crippen LogP contribution is 2.18. The number of halogens is 1. The predicted molar refractivity (Wildman–Crippen MR) is 58.6 cm³/mol. The lowest BCUT2D eigenvalue weighted by Crippen LogP contribution is -2.37. The number of hydrogen-bond acceptors (Lipinski definition) is 1. The zero-order valence-electron chi connectivity index (χ0n) is 7.29. The van der Waals surface area contributed by atoms with Crippen LogP contribution in [0, 0.1) is 0 Å². The molecule has 0 unspecified atom stereocenters. The molecular formula is C7H16IN3. The van der Waals surface area contributed by atoms with Crippen molar-refractivity contribution in [3.05, 3.63) is 0 Å². The van der Waals surface area contributed by atoms with E-state index < -0.39 is 0 Å². The van der Waals surface area contributed by atoms with E-state index in [2.05, 4.69) is 10.3 Å². The Bertz CT molecular complexity index is 141. The van der Waals surface area contributed by atoms with E-state index in [-0.39, 0.29) is 24.0 Å². The van der Waals surface area contributed by atoms with Gasteiger partial charge in [-0.25, -0.2) is 0 Å². The van der Waals surface area contributed by atoms with Gasteiger partial charge < -0.3 is 10.2 Å². The summed E-state index contributed by atoms with van der Waals surface area (Å²) in [6, 6.07) is 0.695.